The van der Waals surface area contributed by atoms with Crippen molar-refractivity contribution in [2.24, 2.45) is 7.05 Å². The van der Waals surface area contributed by atoms with Crippen LogP contribution in [0.5, 0.6) is 0 Å². The minimum Gasteiger partial charge on any atom is -0.384 e. The minimum absolute atomic E-state index is 0.0347. The van der Waals surface area contributed by atoms with Crippen LogP contribution >= 0.6 is 0 Å². The summed E-state index contributed by atoms with van der Waals surface area (Å²) in [5.41, 5.74) is 6.40. The first-order chi connectivity index (χ1) is 13.4. The van der Waals surface area contributed by atoms with Gasteiger partial charge in [-0.25, -0.2) is 4.79 Å². The zero-order chi connectivity index (χ0) is 20.3. The number of hydrogen-bond donors (Lipinski definition) is 1. The highest BCUT2D eigenvalue weighted by molar-refractivity contribution is 6.02. The number of hydrogen-bond acceptors (Lipinski definition) is 5. The number of Topliss-reactive ketones (excluding diaryl/α,β-unsaturated/α-hetero) is 1. The zero-order valence-corrected chi connectivity index (χ0v) is 15.8. The third-order valence-electron chi connectivity index (χ3n) is 4.62. The van der Waals surface area contributed by atoms with Gasteiger partial charge in [-0.15, -0.1) is 0 Å². The molecule has 0 amide bonds. The van der Waals surface area contributed by atoms with Gasteiger partial charge in [-0.2, -0.15) is 0 Å². The van der Waals surface area contributed by atoms with Crippen molar-refractivity contribution >= 4 is 17.3 Å². The van der Waals surface area contributed by atoms with Gasteiger partial charge in [0.25, 0.3) is 5.56 Å². The van der Waals surface area contributed by atoms with Crippen LogP contribution in [0.25, 0.3) is 0 Å². The molecule has 0 spiro atoms. The largest absolute Gasteiger partial charge is 0.384 e. The third kappa shape index (κ3) is 3.73. The van der Waals surface area contributed by atoms with Crippen molar-refractivity contribution in [3.63, 3.8) is 0 Å². The molecule has 0 saturated heterocycles. The van der Waals surface area contributed by atoms with Crippen molar-refractivity contribution < 1.29 is 4.79 Å². The zero-order valence-electron chi connectivity index (χ0n) is 15.8. The van der Waals surface area contributed by atoms with Gasteiger partial charge in [0.2, 0.25) is 0 Å². The summed E-state index contributed by atoms with van der Waals surface area (Å²) in [5, 5.41) is 0. The molecule has 0 fully saturated rings. The number of nitrogens with zero attached hydrogens (tertiary/aromatic N) is 3. The fraction of sp³-hybridized carbons (Fsp3) is 0.190. The fourth-order valence-corrected chi connectivity index (χ4v) is 3.03. The van der Waals surface area contributed by atoms with E-state index >= 15 is 0 Å². The summed E-state index contributed by atoms with van der Waals surface area (Å²) in [6, 6.07) is 18.6. The summed E-state index contributed by atoms with van der Waals surface area (Å²) in [6.07, 6.45) is 0. The fourth-order valence-electron chi connectivity index (χ4n) is 3.03. The molecular formula is C21H22N4O3. The number of carbonyl (C=O) groups excluding carboxylic acids is 1. The average molecular weight is 378 g/mol. The molecule has 0 radical (unpaired) electrons. The molecule has 0 aliphatic rings. The van der Waals surface area contributed by atoms with Gasteiger partial charge in [0.15, 0.2) is 5.78 Å². The highest BCUT2D eigenvalue weighted by Crippen LogP contribution is 2.14. The average Bonchev–Trinajstić information content (AvgIpc) is 2.71. The molecule has 144 valence electrons. The van der Waals surface area contributed by atoms with Gasteiger partial charge >= 0.3 is 5.69 Å². The highest BCUT2D eigenvalue weighted by atomic mass is 16.2. The van der Waals surface area contributed by atoms with Gasteiger partial charge in [-0.3, -0.25) is 18.7 Å². The van der Waals surface area contributed by atoms with E-state index < -0.39 is 17.0 Å². The predicted octanol–water partition coefficient (Wildman–Crippen LogP) is 1.50. The number of para-hydroxylation sites is 1. The van der Waals surface area contributed by atoms with Gasteiger partial charge in [-0.05, 0) is 17.7 Å². The first-order valence-corrected chi connectivity index (χ1v) is 8.82. The number of ketones is 1. The van der Waals surface area contributed by atoms with E-state index in [4.69, 9.17) is 5.73 Å². The maximum Gasteiger partial charge on any atom is 0.332 e. The molecule has 0 unspecified atom stereocenters. The van der Waals surface area contributed by atoms with E-state index in [1.54, 1.807) is 11.9 Å². The van der Waals surface area contributed by atoms with Gasteiger partial charge < -0.3 is 10.6 Å². The molecule has 0 bridgehead atoms. The summed E-state index contributed by atoms with van der Waals surface area (Å²) in [5.74, 6) is -0.547. The van der Waals surface area contributed by atoms with Crippen molar-refractivity contribution in [3.8, 4) is 0 Å². The summed E-state index contributed by atoms with van der Waals surface area (Å²) >= 11 is 0. The van der Waals surface area contributed by atoms with Gasteiger partial charge in [0.05, 0.1) is 13.1 Å². The van der Waals surface area contributed by atoms with Crippen LogP contribution in [0.15, 0.2) is 70.3 Å². The van der Waals surface area contributed by atoms with Crippen LogP contribution in [0.2, 0.25) is 0 Å². The molecule has 3 rings (SSSR count). The number of nitrogen functional groups attached to an aromatic ring is 1. The van der Waals surface area contributed by atoms with Gasteiger partial charge in [0.1, 0.15) is 11.4 Å². The summed E-state index contributed by atoms with van der Waals surface area (Å²) < 4.78 is 2.18. The first-order valence-electron chi connectivity index (χ1n) is 8.82. The van der Waals surface area contributed by atoms with E-state index in [0.717, 1.165) is 15.8 Å². The summed E-state index contributed by atoms with van der Waals surface area (Å²) in [7, 11) is 3.11. The van der Waals surface area contributed by atoms with Gasteiger partial charge in [0, 0.05) is 19.8 Å². The Morgan fingerprint density at radius 1 is 1.00 bits per heavy atom. The van der Waals surface area contributed by atoms with E-state index in [9.17, 15) is 14.4 Å². The maximum atomic E-state index is 12.9. The van der Waals surface area contributed by atoms with Crippen LogP contribution in [0.4, 0.5) is 11.5 Å². The minimum atomic E-state index is -0.682. The molecule has 28 heavy (non-hydrogen) atoms. The molecule has 1 heterocycles. The van der Waals surface area contributed by atoms with Crippen LogP contribution in [0.3, 0.4) is 0 Å². The second-order valence-electron chi connectivity index (χ2n) is 6.59. The molecule has 2 aromatic carbocycles. The molecule has 0 aliphatic carbocycles. The lowest BCUT2D eigenvalue weighted by Gasteiger charge is -2.20. The maximum absolute atomic E-state index is 12.9. The lowest BCUT2D eigenvalue weighted by atomic mass is 10.1. The molecule has 0 saturated carbocycles. The van der Waals surface area contributed by atoms with Crippen molar-refractivity contribution in [2.75, 3.05) is 24.2 Å². The molecule has 0 aliphatic heterocycles. The number of carbonyl (C=O) groups is 1. The summed E-state index contributed by atoms with van der Waals surface area (Å²) in [4.78, 5) is 39.8. The Morgan fingerprint density at radius 2 is 1.57 bits per heavy atom. The number of likely N-dealkylation sites (N-methyl/N-ethyl adjacent to an activating group) is 1. The van der Waals surface area contributed by atoms with E-state index in [1.165, 1.54) is 11.6 Å². The smallest absolute Gasteiger partial charge is 0.332 e. The van der Waals surface area contributed by atoms with E-state index in [1.807, 2.05) is 60.7 Å². The Morgan fingerprint density at radius 3 is 2.18 bits per heavy atom. The molecule has 3 aromatic rings. The molecular weight excluding hydrogens is 356 g/mol. The normalized spacial score (nSPS) is 10.6. The van der Waals surface area contributed by atoms with Crippen LogP contribution in [0.1, 0.15) is 15.9 Å². The second-order valence-corrected chi connectivity index (χ2v) is 6.59. The van der Waals surface area contributed by atoms with Crippen LogP contribution in [-0.2, 0) is 13.6 Å². The Balaban J connectivity index is 2.00. The Kier molecular flexibility index (Phi) is 5.44. The Hall–Kier alpha value is -3.61. The molecule has 2 N–H and O–H groups in total. The predicted molar refractivity (Wildman–Crippen MR) is 110 cm³/mol. The molecule has 0 atom stereocenters. The monoisotopic (exact) mass is 378 g/mol. The van der Waals surface area contributed by atoms with Crippen molar-refractivity contribution in [3.05, 3.63) is 92.6 Å². The standard InChI is InChI=1S/C21H22N4O3/c1-23(16-11-7-4-8-12-16)14-17(26)18-19(22)25(21(28)24(2)20(18)27)13-15-9-5-3-6-10-15/h3-12H,13-14,22H2,1-2H3. The number of nitrogens with two attached hydrogens (primary N) is 1. The van der Waals surface area contributed by atoms with Crippen LogP contribution in [-0.4, -0.2) is 28.5 Å². The van der Waals surface area contributed by atoms with Crippen LogP contribution < -0.4 is 21.9 Å². The number of benzene rings is 2. The first kappa shape index (κ1) is 19.2. The van der Waals surface area contributed by atoms with Crippen molar-refractivity contribution in [2.45, 2.75) is 6.54 Å². The topological polar surface area (TPSA) is 90.3 Å². The molecule has 1 aromatic heterocycles. The van der Waals surface area contributed by atoms with Crippen LogP contribution in [0, 0.1) is 0 Å². The highest BCUT2D eigenvalue weighted by Gasteiger charge is 2.22. The lowest BCUT2D eigenvalue weighted by molar-refractivity contribution is 0.0998. The SMILES string of the molecule is CN(CC(=O)c1c(N)n(Cc2ccccc2)c(=O)n(C)c1=O)c1ccccc1. The second kappa shape index (κ2) is 7.96. The summed E-state index contributed by atoms with van der Waals surface area (Å²) in [6.45, 7) is 0.140. The van der Waals surface area contributed by atoms with Crippen molar-refractivity contribution in [1.82, 2.24) is 9.13 Å². The molecule has 7 nitrogen and oxygen atoms in total. The van der Waals surface area contributed by atoms with Crippen molar-refractivity contribution in [1.29, 1.82) is 0 Å². The lowest BCUT2D eigenvalue weighted by Crippen LogP contribution is -2.44. The Labute approximate surface area is 162 Å². The Bertz CT molecular complexity index is 1100. The van der Waals surface area contributed by atoms with E-state index in [0.29, 0.717) is 0 Å². The number of aromatic nitrogens is 2. The quantitative estimate of drug-likeness (QED) is 0.657. The molecule has 7 heteroatoms. The number of rotatable bonds is 6. The third-order valence-corrected chi connectivity index (χ3v) is 4.62. The number of anilines is 2. The van der Waals surface area contributed by atoms with Gasteiger partial charge in [-0.1, -0.05) is 48.5 Å². The van der Waals surface area contributed by atoms with E-state index in [2.05, 4.69) is 0 Å². The van der Waals surface area contributed by atoms with E-state index in [-0.39, 0.29) is 24.5 Å².